The Labute approximate surface area is 178 Å². The van der Waals surface area contributed by atoms with Crippen molar-refractivity contribution in [2.24, 2.45) is 7.05 Å². The Hall–Kier alpha value is -3.00. The minimum absolute atomic E-state index is 0.00308. The van der Waals surface area contributed by atoms with Crippen LogP contribution in [0.15, 0.2) is 41.3 Å². The van der Waals surface area contributed by atoms with Gasteiger partial charge in [0.1, 0.15) is 11.9 Å². The number of aryl methyl sites for hydroxylation is 1. The highest BCUT2D eigenvalue weighted by Crippen LogP contribution is 2.44. The van der Waals surface area contributed by atoms with Gasteiger partial charge in [0.2, 0.25) is 5.88 Å². The van der Waals surface area contributed by atoms with Crippen LogP contribution >= 0.6 is 0 Å². The van der Waals surface area contributed by atoms with Crippen LogP contribution in [0.5, 0.6) is 11.6 Å². The van der Waals surface area contributed by atoms with Crippen molar-refractivity contribution in [3.05, 3.63) is 46.9 Å². The zero-order chi connectivity index (χ0) is 22.0. The largest absolute Gasteiger partial charge is 0.507 e. The first kappa shape index (κ1) is 19.9. The van der Waals surface area contributed by atoms with Gasteiger partial charge in [0.25, 0.3) is 5.56 Å². The number of aromatic nitrogens is 3. The number of rotatable bonds is 3. The van der Waals surface area contributed by atoms with Crippen molar-refractivity contribution in [2.75, 3.05) is 0 Å². The topological polar surface area (TPSA) is 89.3 Å². The van der Waals surface area contributed by atoms with Gasteiger partial charge in [-0.15, -0.1) is 10.2 Å². The van der Waals surface area contributed by atoms with Crippen molar-refractivity contribution in [2.45, 2.75) is 56.5 Å². The number of hydrogen-bond donors (Lipinski definition) is 2. The number of phenols is 1. The summed E-state index contributed by atoms with van der Waals surface area (Å²) < 4.78 is 22.5. The Morgan fingerprint density at radius 2 is 2.03 bits per heavy atom. The van der Waals surface area contributed by atoms with E-state index >= 15 is 4.39 Å². The highest BCUT2D eigenvalue weighted by atomic mass is 19.1. The van der Waals surface area contributed by atoms with Crippen LogP contribution < -0.4 is 15.6 Å². The molecule has 0 amide bonds. The molecule has 2 aliphatic rings. The number of piperidine rings is 1. The fourth-order valence-corrected chi connectivity index (χ4v) is 5.03. The van der Waals surface area contributed by atoms with E-state index in [4.69, 9.17) is 4.74 Å². The third-order valence-electron chi connectivity index (χ3n) is 6.75. The number of aromatic hydroxyl groups is 1. The SMILES string of the molecule is Cn1ccc2cc(O)c(-c3ccc(O[C@H]4C[C@]5(C)CC[C@@](C)(N5)[C@H]4F)nn3)cc2c1=O. The first-order valence-electron chi connectivity index (χ1n) is 10.4. The molecule has 1 aromatic carbocycles. The minimum Gasteiger partial charge on any atom is -0.507 e. The van der Waals surface area contributed by atoms with Gasteiger partial charge in [-0.25, -0.2) is 4.39 Å². The van der Waals surface area contributed by atoms with Gasteiger partial charge in [-0.2, -0.15) is 0 Å². The monoisotopic (exact) mass is 424 g/mol. The number of hydrogen-bond acceptors (Lipinski definition) is 6. The second-order valence-corrected chi connectivity index (χ2v) is 9.31. The number of ether oxygens (including phenoxy) is 1. The molecule has 162 valence electrons. The van der Waals surface area contributed by atoms with E-state index in [9.17, 15) is 9.90 Å². The van der Waals surface area contributed by atoms with Gasteiger partial charge in [-0.05, 0) is 56.3 Å². The summed E-state index contributed by atoms with van der Waals surface area (Å²) in [5.41, 5.74) is -0.0907. The molecule has 2 saturated heterocycles. The highest BCUT2D eigenvalue weighted by Gasteiger charge is 2.56. The zero-order valence-electron chi connectivity index (χ0n) is 17.7. The molecule has 2 fully saturated rings. The molecule has 4 heterocycles. The molecule has 5 rings (SSSR count). The molecule has 2 aromatic heterocycles. The van der Waals surface area contributed by atoms with Crippen LogP contribution in [0, 0.1) is 0 Å². The lowest BCUT2D eigenvalue weighted by Crippen LogP contribution is -2.63. The Bertz CT molecular complexity index is 1230. The molecule has 4 atom stereocenters. The van der Waals surface area contributed by atoms with Gasteiger partial charge in [-0.3, -0.25) is 4.79 Å². The summed E-state index contributed by atoms with van der Waals surface area (Å²) in [7, 11) is 1.67. The van der Waals surface area contributed by atoms with E-state index in [1.54, 1.807) is 37.5 Å². The molecule has 0 aliphatic carbocycles. The highest BCUT2D eigenvalue weighted by molar-refractivity contribution is 5.89. The fraction of sp³-hybridized carbons (Fsp3) is 0.435. The van der Waals surface area contributed by atoms with Crippen LogP contribution in [-0.4, -0.2) is 43.2 Å². The lowest BCUT2D eigenvalue weighted by molar-refractivity contribution is -0.00951. The van der Waals surface area contributed by atoms with Crippen LogP contribution in [0.4, 0.5) is 4.39 Å². The van der Waals surface area contributed by atoms with E-state index in [2.05, 4.69) is 22.4 Å². The number of phenolic OH excluding ortho intramolecular Hbond substituents is 1. The maximum absolute atomic E-state index is 15.1. The molecule has 0 unspecified atom stereocenters. The summed E-state index contributed by atoms with van der Waals surface area (Å²) >= 11 is 0. The average molecular weight is 424 g/mol. The lowest BCUT2D eigenvalue weighted by Gasteiger charge is -2.43. The Balaban J connectivity index is 1.43. The fourth-order valence-electron chi connectivity index (χ4n) is 5.03. The molecule has 2 N–H and O–H groups in total. The molecular formula is C23H25FN4O3. The number of alkyl halides is 1. The van der Waals surface area contributed by atoms with E-state index < -0.39 is 17.8 Å². The zero-order valence-corrected chi connectivity index (χ0v) is 17.7. The van der Waals surface area contributed by atoms with E-state index in [1.165, 1.54) is 10.6 Å². The summed E-state index contributed by atoms with van der Waals surface area (Å²) in [6.07, 6.45) is 2.15. The third-order valence-corrected chi connectivity index (χ3v) is 6.75. The molecule has 0 spiro atoms. The van der Waals surface area contributed by atoms with Crippen molar-refractivity contribution in [1.82, 2.24) is 20.1 Å². The Morgan fingerprint density at radius 3 is 2.77 bits per heavy atom. The number of nitrogens with zero attached hydrogens (tertiary/aromatic N) is 3. The molecule has 2 bridgehead atoms. The molecular weight excluding hydrogens is 399 g/mol. The molecule has 3 aromatic rings. The van der Waals surface area contributed by atoms with Crippen LogP contribution in [0.25, 0.3) is 22.0 Å². The van der Waals surface area contributed by atoms with Gasteiger partial charge in [0, 0.05) is 42.2 Å². The average Bonchev–Trinajstić information content (AvgIpc) is 3.01. The minimum atomic E-state index is -1.15. The van der Waals surface area contributed by atoms with Gasteiger partial charge in [-0.1, -0.05) is 0 Å². The molecule has 8 heteroatoms. The quantitative estimate of drug-likeness (QED) is 0.672. The molecule has 7 nitrogen and oxygen atoms in total. The summed E-state index contributed by atoms with van der Waals surface area (Å²) in [5.74, 6) is 0.240. The summed E-state index contributed by atoms with van der Waals surface area (Å²) in [4.78, 5) is 12.4. The normalized spacial score (nSPS) is 29.9. The Kier molecular flexibility index (Phi) is 4.34. The van der Waals surface area contributed by atoms with Crippen molar-refractivity contribution in [3.63, 3.8) is 0 Å². The summed E-state index contributed by atoms with van der Waals surface area (Å²) in [6, 6.07) is 8.20. The van der Waals surface area contributed by atoms with Crippen molar-refractivity contribution < 1.29 is 14.2 Å². The summed E-state index contributed by atoms with van der Waals surface area (Å²) in [6.45, 7) is 4.00. The van der Waals surface area contributed by atoms with E-state index in [-0.39, 0.29) is 22.7 Å². The van der Waals surface area contributed by atoms with E-state index in [0.29, 0.717) is 28.5 Å². The predicted molar refractivity (Wildman–Crippen MR) is 115 cm³/mol. The number of pyridine rings is 1. The van der Waals surface area contributed by atoms with Gasteiger partial charge in [0.15, 0.2) is 6.17 Å². The first-order valence-corrected chi connectivity index (χ1v) is 10.4. The number of nitrogens with one attached hydrogen (secondary N) is 1. The smallest absolute Gasteiger partial charge is 0.258 e. The van der Waals surface area contributed by atoms with Crippen LogP contribution in [0.1, 0.15) is 33.1 Å². The van der Waals surface area contributed by atoms with Crippen LogP contribution in [-0.2, 0) is 7.05 Å². The standard InChI is InChI=1S/C23H25FN4O3/c1-22-7-8-23(2,27-22)20(24)18(12-22)31-19-5-4-16(25-26-19)15-11-14-13(10-17(15)29)6-9-28(3)21(14)30/h4-6,9-11,18,20,27,29H,7-8,12H2,1-3H3/t18-,20-,22-,23+/m0/s1. The van der Waals surface area contributed by atoms with Crippen molar-refractivity contribution in [1.29, 1.82) is 0 Å². The maximum Gasteiger partial charge on any atom is 0.258 e. The first-order chi connectivity index (χ1) is 14.7. The molecule has 31 heavy (non-hydrogen) atoms. The summed E-state index contributed by atoms with van der Waals surface area (Å²) in [5, 5.41) is 23.3. The van der Waals surface area contributed by atoms with Gasteiger partial charge in [0.05, 0.1) is 11.2 Å². The van der Waals surface area contributed by atoms with E-state index in [1.807, 2.05) is 6.92 Å². The predicted octanol–water partition coefficient (Wildman–Crippen LogP) is 3.09. The molecule has 0 radical (unpaired) electrons. The molecule has 2 aliphatic heterocycles. The Morgan fingerprint density at radius 1 is 1.23 bits per heavy atom. The van der Waals surface area contributed by atoms with Gasteiger partial charge < -0.3 is 19.7 Å². The van der Waals surface area contributed by atoms with Crippen LogP contribution in [0.2, 0.25) is 0 Å². The van der Waals surface area contributed by atoms with E-state index in [0.717, 1.165) is 12.8 Å². The van der Waals surface area contributed by atoms with Crippen molar-refractivity contribution in [3.8, 4) is 22.9 Å². The second-order valence-electron chi connectivity index (χ2n) is 9.31. The van der Waals surface area contributed by atoms with Crippen LogP contribution in [0.3, 0.4) is 0 Å². The number of fused-ring (bicyclic) bond motifs is 3. The number of halogens is 1. The number of benzene rings is 1. The maximum atomic E-state index is 15.1. The lowest BCUT2D eigenvalue weighted by atomic mass is 9.85. The third kappa shape index (κ3) is 3.26. The second kappa shape index (κ2) is 6.75. The van der Waals surface area contributed by atoms with Crippen molar-refractivity contribution >= 4 is 10.8 Å². The van der Waals surface area contributed by atoms with Gasteiger partial charge >= 0.3 is 0 Å². The molecule has 0 saturated carbocycles.